The summed E-state index contributed by atoms with van der Waals surface area (Å²) in [5.41, 5.74) is 1.89. The molecular weight excluding hydrogens is 484 g/mol. The van der Waals surface area contributed by atoms with Gasteiger partial charge in [-0.25, -0.2) is 0 Å². The second kappa shape index (κ2) is 11.4. The molecule has 0 aliphatic carbocycles. The van der Waals surface area contributed by atoms with E-state index in [1.807, 2.05) is 18.2 Å². The Morgan fingerprint density at radius 2 is 1.48 bits per heavy atom. The molecule has 2 aromatic carbocycles. The third-order valence-corrected chi connectivity index (χ3v) is 5.26. The average molecular weight is 507 g/mol. The molecule has 0 radical (unpaired) electrons. The Morgan fingerprint density at radius 3 is 1.97 bits per heavy atom. The van der Waals surface area contributed by atoms with Gasteiger partial charge in [0.15, 0.2) is 23.0 Å². The topological polar surface area (TPSA) is 82.0 Å². The van der Waals surface area contributed by atoms with Crippen LogP contribution in [0.2, 0.25) is 0 Å². The summed E-state index contributed by atoms with van der Waals surface area (Å²) in [5, 5.41) is 12.7. The predicted molar refractivity (Wildman–Crippen MR) is 126 cm³/mol. The van der Waals surface area contributed by atoms with Crippen LogP contribution in [0, 0.1) is 11.3 Å². The van der Waals surface area contributed by atoms with Crippen LogP contribution in [0.1, 0.15) is 11.1 Å². The van der Waals surface area contributed by atoms with E-state index in [0.29, 0.717) is 50.3 Å². The maximum absolute atomic E-state index is 9.61. The Labute approximate surface area is 195 Å². The van der Waals surface area contributed by atoms with Crippen LogP contribution >= 0.6 is 28.1 Å². The minimum absolute atomic E-state index is 0.307. The van der Waals surface area contributed by atoms with E-state index in [4.69, 9.17) is 35.9 Å². The summed E-state index contributed by atoms with van der Waals surface area (Å²) < 4.78 is 27.4. The van der Waals surface area contributed by atoms with Crippen molar-refractivity contribution < 1.29 is 23.7 Å². The summed E-state index contributed by atoms with van der Waals surface area (Å²) >= 11 is 8.88. The number of nitriles is 1. The van der Waals surface area contributed by atoms with Gasteiger partial charge >= 0.3 is 0 Å². The molecule has 7 nitrogen and oxygen atoms in total. The van der Waals surface area contributed by atoms with Crippen LogP contribution in [-0.4, -0.2) is 40.5 Å². The molecule has 0 aromatic heterocycles. The van der Waals surface area contributed by atoms with E-state index < -0.39 is 0 Å². The molecule has 0 bridgehead atoms. The fraction of sp³-hybridized carbons (Fsp3) is 0.273. The van der Waals surface area contributed by atoms with Gasteiger partial charge < -0.3 is 29.0 Å². The van der Waals surface area contributed by atoms with Gasteiger partial charge in [0, 0.05) is 6.54 Å². The molecule has 0 heterocycles. The van der Waals surface area contributed by atoms with Gasteiger partial charge in [-0.05, 0) is 57.4 Å². The first-order chi connectivity index (χ1) is 14.9. The molecule has 0 saturated heterocycles. The van der Waals surface area contributed by atoms with Crippen LogP contribution < -0.4 is 29.0 Å². The number of methoxy groups -OCH3 is 5. The summed E-state index contributed by atoms with van der Waals surface area (Å²) in [6, 6.07) is 9.36. The number of thiocarbonyl (C=S) groups is 1. The molecule has 1 N–H and O–H groups in total. The highest BCUT2D eigenvalue weighted by molar-refractivity contribution is 9.10. The molecule has 0 saturated carbocycles. The quantitative estimate of drug-likeness (QED) is 0.302. The Bertz CT molecular complexity index is 1010. The van der Waals surface area contributed by atoms with Gasteiger partial charge in [-0.1, -0.05) is 12.2 Å². The van der Waals surface area contributed by atoms with E-state index in [0.717, 1.165) is 11.1 Å². The number of nitrogens with zero attached hydrogens (tertiary/aromatic N) is 1. The van der Waals surface area contributed by atoms with Crippen LogP contribution in [0.3, 0.4) is 0 Å². The highest BCUT2D eigenvalue weighted by Gasteiger charge is 2.14. The lowest BCUT2D eigenvalue weighted by Crippen LogP contribution is -2.22. The summed E-state index contributed by atoms with van der Waals surface area (Å²) in [6.45, 7) is 0.365. The molecule has 0 spiro atoms. The van der Waals surface area contributed by atoms with Gasteiger partial charge in [0.1, 0.15) is 11.1 Å². The lowest BCUT2D eigenvalue weighted by Gasteiger charge is -2.15. The fourth-order valence-corrected chi connectivity index (χ4v) is 3.65. The van der Waals surface area contributed by atoms with Crippen molar-refractivity contribution in [2.24, 2.45) is 0 Å². The van der Waals surface area contributed by atoms with Crippen molar-refractivity contribution >= 4 is 39.2 Å². The molecule has 31 heavy (non-hydrogen) atoms. The zero-order valence-electron chi connectivity index (χ0n) is 17.9. The molecule has 0 atom stereocenters. The first-order valence-electron chi connectivity index (χ1n) is 9.02. The van der Waals surface area contributed by atoms with Crippen LogP contribution in [0.15, 0.2) is 34.3 Å². The third-order valence-electron chi connectivity index (χ3n) is 4.31. The first-order valence-corrected chi connectivity index (χ1v) is 10.2. The number of nitrogens with one attached hydrogen (secondary N) is 1. The van der Waals surface area contributed by atoms with E-state index in [9.17, 15) is 5.26 Å². The Balaban J connectivity index is 2.25. The normalized spacial score (nSPS) is 10.7. The number of rotatable bonds is 9. The summed E-state index contributed by atoms with van der Waals surface area (Å²) in [7, 11) is 7.76. The molecule has 2 rings (SSSR count). The van der Waals surface area contributed by atoms with Crippen molar-refractivity contribution in [2.45, 2.75) is 6.54 Å². The van der Waals surface area contributed by atoms with Crippen LogP contribution in [0.25, 0.3) is 6.08 Å². The average Bonchev–Trinajstić information content (AvgIpc) is 2.79. The number of ether oxygens (including phenoxy) is 5. The number of halogens is 1. The summed E-state index contributed by atoms with van der Waals surface area (Å²) in [4.78, 5) is 0.308. The first kappa shape index (κ1) is 24.3. The lowest BCUT2D eigenvalue weighted by molar-refractivity contribution is 0.323. The lowest BCUT2D eigenvalue weighted by atomic mass is 10.1. The van der Waals surface area contributed by atoms with Crippen LogP contribution in [-0.2, 0) is 6.54 Å². The highest BCUT2D eigenvalue weighted by Crippen LogP contribution is 2.38. The molecule has 0 fully saturated rings. The summed E-state index contributed by atoms with van der Waals surface area (Å²) in [5.74, 6) is 2.69. The molecular formula is C22H23BrN2O5S. The van der Waals surface area contributed by atoms with Crippen molar-refractivity contribution in [3.8, 4) is 34.8 Å². The Kier molecular flexibility index (Phi) is 8.97. The van der Waals surface area contributed by atoms with Crippen molar-refractivity contribution in [1.29, 1.82) is 5.26 Å². The zero-order chi connectivity index (χ0) is 23.0. The number of hydrogen-bond acceptors (Lipinski definition) is 7. The summed E-state index contributed by atoms with van der Waals surface area (Å²) in [6.07, 6.45) is 1.68. The molecule has 9 heteroatoms. The predicted octanol–water partition coefficient (Wildman–Crippen LogP) is 4.52. The minimum atomic E-state index is 0.307. The monoisotopic (exact) mass is 506 g/mol. The molecule has 0 amide bonds. The second-order valence-electron chi connectivity index (χ2n) is 6.12. The van der Waals surface area contributed by atoms with Crippen molar-refractivity contribution in [2.75, 3.05) is 35.5 Å². The fourth-order valence-electron chi connectivity index (χ4n) is 2.85. The molecule has 2 aromatic rings. The standard InChI is InChI=1S/C22H23BrN2O5S/c1-26-17-8-13(7-16(23)20(17)29-4)6-15(11-24)22(31)25-12-14-9-18(27-2)21(30-5)19(10-14)28-3/h6-10H,12H2,1-5H3,(H,25,31)/b15-6-. The van der Waals surface area contributed by atoms with Crippen LogP contribution in [0.5, 0.6) is 28.7 Å². The Morgan fingerprint density at radius 1 is 0.935 bits per heavy atom. The number of hydrogen-bond donors (Lipinski definition) is 1. The SMILES string of the molecule is COc1cc(/C=C(/C#N)C(=S)NCc2cc(OC)c(OC)c(OC)c2)cc(Br)c1OC. The molecule has 0 aliphatic rings. The maximum atomic E-state index is 9.61. The van der Waals surface area contributed by atoms with Crippen molar-refractivity contribution in [3.63, 3.8) is 0 Å². The largest absolute Gasteiger partial charge is 0.493 e. The van der Waals surface area contributed by atoms with E-state index in [1.54, 1.807) is 47.7 Å². The van der Waals surface area contributed by atoms with Gasteiger partial charge in [0.05, 0.1) is 45.6 Å². The maximum Gasteiger partial charge on any atom is 0.203 e. The second-order valence-corrected chi connectivity index (χ2v) is 7.39. The zero-order valence-corrected chi connectivity index (χ0v) is 20.3. The molecule has 164 valence electrons. The van der Waals surface area contributed by atoms with E-state index >= 15 is 0 Å². The van der Waals surface area contributed by atoms with E-state index in [-0.39, 0.29) is 0 Å². The van der Waals surface area contributed by atoms with Gasteiger partial charge in [-0.15, -0.1) is 0 Å². The number of benzene rings is 2. The van der Waals surface area contributed by atoms with E-state index in [2.05, 4.69) is 27.3 Å². The van der Waals surface area contributed by atoms with Gasteiger partial charge in [-0.3, -0.25) is 0 Å². The van der Waals surface area contributed by atoms with Gasteiger partial charge in [-0.2, -0.15) is 5.26 Å². The Hall–Kier alpha value is -2.96. The molecule has 0 aliphatic heterocycles. The van der Waals surface area contributed by atoms with Crippen LogP contribution in [0.4, 0.5) is 0 Å². The van der Waals surface area contributed by atoms with Crippen molar-refractivity contribution in [1.82, 2.24) is 5.32 Å². The smallest absolute Gasteiger partial charge is 0.203 e. The van der Waals surface area contributed by atoms with Gasteiger partial charge in [0.2, 0.25) is 5.75 Å². The highest BCUT2D eigenvalue weighted by atomic mass is 79.9. The van der Waals surface area contributed by atoms with Crippen molar-refractivity contribution in [3.05, 3.63) is 45.4 Å². The molecule has 0 unspecified atom stereocenters. The van der Waals surface area contributed by atoms with E-state index in [1.165, 1.54) is 0 Å². The van der Waals surface area contributed by atoms with Gasteiger partial charge in [0.25, 0.3) is 0 Å². The minimum Gasteiger partial charge on any atom is -0.493 e. The third kappa shape index (κ3) is 5.81.